The SMILES string of the molecule is CCOCc1ccc(C(=O)Nc2ncc(Cc3ccccc3Cl)s2)o1. The van der Waals surface area contributed by atoms with Gasteiger partial charge >= 0.3 is 0 Å². The molecule has 2 aromatic heterocycles. The molecule has 0 bridgehead atoms. The molecule has 130 valence electrons. The van der Waals surface area contributed by atoms with Crippen molar-refractivity contribution in [1.82, 2.24) is 4.98 Å². The number of carbonyl (C=O) groups is 1. The molecule has 1 aromatic carbocycles. The van der Waals surface area contributed by atoms with E-state index in [1.165, 1.54) is 11.3 Å². The van der Waals surface area contributed by atoms with E-state index in [0.717, 1.165) is 15.5 Å². The van der Waals surface area contributed by atoms with E-state index >= 15 is 0 Å². The first-order valence-electron chi connectivity index (χ1n) is 7.81. The van der Waals surface area contributed by atoms with Crippen LogP contribution in [0.15, 0.2) is 47.0 Å². The third-order valence-electron chi connectivity index (χ3n) is 3.43. The molecular formula is C18H17ClN2O3S. The lowest BCUT2D eigenvalue weighted by Gasteiger charge is -2.01. The van der Waals surface area contributed by atoms with Crippen LogP contribution in [0.5, 0.6) is 0 Å². The maximum atomic E-state index is 12.2. The molecule has 0 atom stereocenters. The number of hydrogen-bond acceptors (Lipinski definition) is 5. The van der Waals surface area contributed by atoms with E-state index in [-0.39, 0.29) is 11.7 Å². The quantitative estimate of drug-likeness (QED) is 0.645. The Morgan fingerprint density at radius 1 is 1.32 bits per heavy atom. The Morgan fingerprint density at radius 2 is 2.16 bits per heavy atom. The van der Waals surface area contributed by atoms with Gasteiger partial charge in [0, 0.05) is 29.1 Å². The van der Waals surface area contributed by atoms with E-state index in [2.05, 4.69) is 10.3 Å². The summed E-state index contributed by atoms with van der Waals surface area (Å²) in [5.41, 5.74) is 1.03. The largest absolute Gasteiger partial charge is 0.453 e. The molecule has 5 nitrogen and oxygen atoms in total. The molecule has 1 N–H and O–H groups in total. The third-order valence-corrected chi connectivity index (χ3v) is 4.71. The molecule has 3 aromatic rings. The summed E-state index contributed by atoms with van der Waals surface area (Å²) in [6.45, 7) is 2.85. The van der Waals surface area contributed by atoms with Gasteiger partial charge in [-0.2, -0.15) is 0 Å². The van der Waals surface area contributed by atoms with Gasteiger partial charge in [0.05, 0.1) is 0 Å². The zero-order valence-corrected chi connectivity index (χ0v) is 15.2. The van der Waals surface area contributed by atoms with Gasteiger partial charge in [-0.25, -0.2) is 4.98 Å². The van der Waals surface area contributed by atoms with E-state index in [1.54, 1.807) is 18.3 Å². The van der Waals surface area contributed by atoms with Crippen LogP contribution in [-0.2, 0) is 17.8 Å². The van der Waals surface area contributed by atoms with Crippen LogP contribution in [-0.4, -0.2) is 17.5 Å². The number of rotatable bonds is 7. The van der Waals surface area contributed by atoms with Crippen molar-refractivity contribution < 1.29 is 13.9 Å². The van der Waals surface area contributed by atoms with Crippen LogP contribution >= 0.6 is 22.9 Å². The molecule has 3 rings (SSSR count). The van der Waals surface area contributed by atoms with Gasteiger partial charge in [0.2, 0.25) is 0 Å². The van der Waals surface area contributed by atoms with Gasteiger partial charge in [0.25, 0.3) is 5.91 Å². The molecule has 2 heterocycles. The maximum Gasteiger partial charge on any atom is 0.293 e. The highest BCUT2D eigenvalue weighted by Gasteiger charge is 2.14. The van der Waals surface area contributed by atoms with Crippen LogP contribution in [0.4, 0.5) is 5.13 Å². The Balaban J connectivity index is 1.62. The van der Waals surface area contributed by atoms with E-state index in [0.29, 0.717) is 30.5 Å². The Kier molecular flexibility index (Phi) is 5.86. The lowest BCUT2D eigenvalue weighted by molar-refractivity contribution is 0.0972. The lowest BCUT2D eigenvalue weighted by Crippen LogP contribution is -2.10. The van der Waals surface area contributed by atoms with E-state index in [1.807, 2.05) is 31.2 Å². The number of nitrogens with one attached hydrogen (secondary N) is 1. The number of carbonyl (C=O) groups excluding carboxylic acids is 1. The van der Waals surface area contributed by atoms with E-state index < -0.39 is 0 Å². The Hall–Kier alpha value is -2.15. The zero-order chi connectivity index (χ0) is 17.6. The number of furan rings is 1. The molecule has 25 heavy (non-hydrogen) atoms. The normalized spacial score (nSPS) is 10.8. The molecule has 0 radical (unpaired) electrons. The minimum Gasteiger partial charge on any atom is -0.453 e. The summed E-state index contributed by atoms with van der Waals surface area (Å²) in [5, 5.41) is 3.99. The second kappa shape index (κ2) is 8.29. The molecule has 1 amide bonds. The van der Waals surface area contributed by atoms with E-state index in [9.17, 15) is 4.79 Å². The topological polar surface area (TPSA) is 64.4 Å². The molecule has 0 aliphatic rings. The molecule has 0 spiro atoms. The number of nitrogens with zero attached hydrogens (tertiary/aromatic N) is 1. The van der Waals surface area contributed by atoms with Crippen molar-refractivity contribution in [2.45, 2.75) is 20.0 Å². The predicted molar refractivity (Wildman–Crippen MR) is 98.4 cm³/mol. The van der Waals surface area contributed by atoms with Gasteiger partial charge < -0.3 is 9.15 Å². The zero-order valence-electron chi connectivity index (χ0n) is 13.6. The summed E-state index contributed by atoms with van der Waals surface area (Å²) < 4.78 is 10.7. The fourth-order valence-corrected chi connectivity index (χ4v) is 3.25. The molecule has 0 unspecified atom stereocenters. The molecule has 0 saturated carbocycles. The average Bonchev–Trinajstić information content (AvgIpc) is 3.24. The molecule has 7 heteroatoms. The van der Waals surface area contributed by atoms with Crippen molar-refractivity contribution in [3.63, 3.8) is 0 Å². The first-order chi connectivity index (χ1) is 12.2. The number of hydrogen-bond donors (Lipinski definition) is 1. The van der Waals surface area contributed by atoms with Gasteiger partial charge in [-0.3, -0.25) is 10.1 Å². The second-order valence-electron chi connectivity index (χ2n) is 5.26. The van der Waals surface area contributed by atoms with Gasteiger partial charge in [-0.15, -0.1) is 11.3 Å². The Bertz CT molecular complexity index is 859. The monoisotopic (exact) mass is 376 g/mol. The molecule has 0 aliphatic heterocycles. The standard InChI is InChI=1S/C18H17ClN2O3S/c1-2-23-11-13-7-8-16(24-13)17(22)21-18-20-10-14(25-18)9-12-5-3-4-6-15(12)19/h3-8,10H,2,9,11H2,1H3,(H,20,21,22). The predicted octanol–water partition coefficient (Wildman–Crippen LogP) is 4.77. The second-order valence-corrected chi connectivity index (χ2v) is 6.78. The number of ether oxygens (including phenoxy) is 1. The fourth-order valence-electron chi connectivity index (χ4n) is 2.22. The van der Waals surface area contributed by atoms with Crippen molar-refractivity contribution in [3.8, 4) is 0 Å². The number of halogens is 1. The summed E-state index contributed by atoms with van der Waals surface area (Å²) in [6.07, 6.45) is 2.42. The molecule has 0 saturated heterocycles. The summed E-state index contributed by atoms with van der Waals surface area (Å²) in [5.74, 6) is 0.518. The summed E-state index contributed by atoms with van der Waals surface area (Å²) in [4.78, 5) is 17.5. The molecule has 0 fully saturated rings. The highest BCUT2D eigenvalue weighted by Crippen LogP contribution is 2.25. The highest BCUT2D eigenvalue weighted by molar-refractivity contribution is 7.15. The minimum absolute atomic E-state index is 0.234. The number of aromatic nitrogens is 1. The van der Waals surface area contributed by atoms with Crippen LogP contribution in [0.1, 0.15) is 33.7 Å². The third kappa shape index (κ3) is 4.69. The van der Waals surface area contributed by atoms with Crippen molar-refractivity contribution in [3.05, 3.63) is 69.6 Å². The van der Waals surface area contributed by atoms with Crippen molar-refractivity contribution in [2.24, 2.45) is 0 Å². The van der Waals surface area contributed by atoms with Crippen LogP contribution in [0.25, 0.3) is 0 Å². The summed E-state index contributed by atoms with van der Waals surface area (Å²) in [6, 6.07) is 11.0. The fraction of sp³-hybridized carbons (Fsp3) is 0.222. The van der Waals surface area contributed by atoms with Crippen molar-refractivity contribution in [1.29, 1.82) is 0 Å². The van der Waals surface area contributed by atoms with Gasteiger partial charge in [-0.05, 0) is 30.7 Å². The number of anilines is 1. The van der Waals surface area contributed by atoms with Crippen LogP contribution in [0.2, 0.25) is 5.02 Å². The van der Waals surface area contributed by atoms with Gasteiger partial charge in [0.15, 0.2) is 10.9 Å². The smallest absolute Gasteiger partial charge is 0.293 e. The number of amides is 1. The Labute approximate surface area is 154 Å². The minimum atomic E-state index is -0.332. The van der Waals surface area contributed by atoms with Gasteiger partial charge in [0.1, 0.15) is 12.4 Å². The maximum absolute atomic E-state index is 12.2. The average molecular weight is 377 g/mol. The highest BCUT2D eigenvalue weighted by atomic mass is 35.5. The Morgan fingerprint density at radius 3 is 2.96 bits per heavy atom. The molecular weight excluding hydrogens is 360 g/mol. The first kappa shape index (κ1) is 17.7. The summed E-state index contributed by atoms with van der Waals surface area (Å²) >= 11 is 7.59. The van der Waals surface area contributed by atoms with Crippen LogP contribution in [0.3, 0.4) is 0 Å². The first-order valence-corrected chi connectivity index (χ1v) is 9.01. The summed E-state index contributed by atoms with van der Waals surface area (Å²) in [7, 11) is 0. The number of benzene rings is 1. The van der Waals surface area contributed by atoms with E-state index in [4.69, 9.17) is 20.8 Å². The van der Waals surface area contributed by atoms with Crippen molar-refractivity contribution in [2.75, 3.05) is 11.9 Å². The van der Waals surface area contributed by atoms with Gasteiger partial charge in [-0.1, -0.05) is 29.8 Å². The van der Waals surface area contributed by atoms with Crippen LogP contribution < -0.4 is 5.32 Å². The molecule has 0 aliphatic carbocycles. The van der Waals surface area contributed by atoms with Crippen molar-refractivity contribution >= 4 is 34.0 Å². The lowest BCUT2D eigenvalue weighted by atomic mass is 10.1. The van der Waals surface area contributed by atoms with Crippen LogP contribution in [0, 0.1) is 0 Å². The number of thiazole rings is 1.